The first-order valence-corrected chi connectivity index (χ1v) is 5.65. The molecule has 0 aliphatic carbocycles. The van der Waals surface area contributed by atoms with E-state index in [-0.39, 0.29) is 5.56 Å². The van der Waals surface area contributed by atoms with E-state index in [1.165, 1.54) is 0 Å². The third-order valence-corrected chi connectivity index (χ3v) is 2.83. The van der Waals surface area contributed by atoms with Crippen molar-refractivity contribution in [2.75, 3.05) is 0 Å². The minimum absolute atomic E-state index is 0.0666. The average Bonchev–Trinajstić information content (AvgIpc) is 2.37. The standard InChI is InChI=1S/C14H9F5O/c15-8-2-1-7(10(16)4-8)3-14(20)9-5-12(18)13(19)6-11(9)17/h1-2,4-6,14,20H,3H2. The van der Waals surface area contributed by atoms with Gasteiger partial charge in [-0.1, -0.05) is 6.07 Å². The Morgan fingerprint density at radius 1 is 0.800 bits per heavy atom. The lowest BCUT2D eigenvalue weighted by molar-refractivity contribution is 0.171. The number of rotatable bonds is 3. The van der Waals surface area contributed by atoms with Crippen molar-refractivity contribution in [3.8, 4) is 0 Å². The molecule has 0 saturated heterocycles. The van der Waals surface area contributed by atoms with E-state index >= 15 is 0 Å². The monoisotopic (exact) mass is 288 g/mol. The van der Waals surface area contributed by atoms with Gasteiger partial charge in [0.1, 0.15) is 17.5 Å². The third-order valence-electron chi connectivity index (χ3n) is 2.83. The van der Waals surface area contributed by atoms with E-state index in [0.29, 0.717) is 18.2 Å². The molecule has 0 saturated carbocycles. The van der Waals surface area contributed by atoms with E-state index in [2.05, 4.69) is 0 Å². The summed E-state index contributed by atoms with van der Waals surface area (Å²) in [7, 11) is 0. The summed E-state index contributed by atoms with van der Waals surface area (Å²) >= 11 is 0. The first-order chi connectivity index (χ1) is 9.38. The quantitative estimate of drug-likeness (QED) is 0.675. The molecule has 1 atom stereocenters. The lowest BCUT2D eigenvalue weighted by Gasteiger charge is -2.13. The Bertz CT molecular complexity index is 642. The number of halogens is 5. The van der Waals surface area contributed by atoms with Gasteiger partial charge in [-0.3, -0.25) is 0 Å². The first-order valence-electron chi connectivity index (χ1n) is 5.65. The molecule has 0 amide bonds. The zero-order chi connectivity index (χ0) is 14.9. The Balaban J connectivity index is 2.28. The van der Waals surface area contributed by atoms with Gasteiger partial charge in [0.05, 0.1) is 6.10 Å². The lowest BCUT2D eigenvalue weighted by Crippen LogP contribution is -2.07. The number of hydrogen-bond acceptors (Lipinski definition) is 1. The van der Waals surface area contributed by atoms with E-state index in [1.807, 2.05) is 0 Å². The van der Waals surface area contributed by atoms with Crippen LogP contribution in [0.5, 0.6) is 0 Å². The summed E-state index contributed by atoms with van der Waals surface area (Å²) in [6, 6.07) is 3.49. The molecule has 0 heterocycles. The third kappa shape index (κ3) is 2.96. The highest BCUT2D eigenvalue weighted by Gasteiger charge is 2.18. The number of aliphatic hydroxyl groups is 1. The van der Waals surface area contributed by atoms with Crippen LogP contribution in [-0.4, -0.2) is 5.11 Å². The molecular formula is C14H9F5O. The summed E-state index contributed by atoms with van der Waals surface area (Å²) in [5.41, 5.74) is -0.560. The van der Waals surface area contributed by atoms with Crippen molar-refractivity contribution >= 4 is 0 Å². The molecular weight excluding hydrogens is 279 g/mol. The summed E-state index contributed by atoms with van der Waals surface area (Å²) in [4.78, 5) is 0. The maximum Gasteiger partial charge on any atom is 0.161 e. The Hall–Kier alpha value is -1.95. The van der Waals surface area contributed by atoms with Crippen LogP contribution in [0.15, 0.2) is 30.3 Å². The summed E-state index contributed by atoms with van der Waals surface area (Å²) < 4.78 is 65.3. The largest absolute Gasteiger partial charge is 0.388 e. The Morgan fingerprint density at radius 3 is 2.10 bits per heavy atom. The topological polar surface area (TPSA) is 20.2 Å². The summed E-state index contributed by atoms with van der Waals surface area (Å²) in [6.45, 7) is 0. The maximum absolute atomic E-state index is 13.4. The molecule has 0 aromatic heterocycles. The van der Waals surface area contributed by atoms with Gasteiger partial charge in [-0.25, -0.2) is 22.0 Å². The number of aliphatic hydroxyl groups excluding tert-OH is 1. The highest BCUT2D eigenvalue weighted by atomic mass is 19.2. The molecule has 2 aromatic rings. The van der Waals surface area contributed by atoms with Crippen LogP contribution in [0.2, 0.25) is 0 Å². The normalized spacial score (nSPS) is 12.5. The number of hydrogen-bond donors (Lipinski definition) is 1. The molecule has 0 fully saturated rings. The van der Waals surface area contributed by atoms with Crippen molar-refractivity contribution in [3.05, 3.63) is 70.5 Å². The summed E-state index contributed by atoms with van der Waals surface area (Å²) in [5.74, 6) is -5.54. The second-order valence-corrected chi connectivity index (χ2v) is 4.24. The van der Waals surface area contributed by atoms with Gasteiger partial charge in [0.25, 0.3) is 0 Å². The summed E-state index contributed by atoms with van der Waals surface area (Å²) in [6.07, 6.45) is -1.97. The zero-order valence-corrected chi connectivity index (χ0v) is 10.0. The molecule has 0 spiro atoms. The predicted octanol–water partition coefficient (Wildman–Crippen LogP) is 3.66. The van der Waals surface area contributed by atoms with Crippen LogP contribution >= 0.6 is 0 Å². The van der Waals surface area contributed by atoms with Crippen molar-refractivity contribution in [1.29, 1.82) is 0 Å². The Kier molecular flexibility index (Phi) is 4.04. The van der Waals surface area contributed by atoms with Gasteiger partial charge in [0, 0.05) is 24.1 Å². The van der Waals surface area contributed by atoms with E-state index in [0.717, 1.165) is 12.1 Å². The van der Waals surface area contributed by atoms with Crippen LogP contribution in [-0.2, 0) is 6.42 Å². The molecule has 6 heteroatoms. The SMILES string of the molecule is OC(Cc1ccc(F)cc1F)c1cc(F)c(F)cc1F. The predicted molar refractivity (Wildman–Crippen MR) is 61.3 cm³/mol. The fourth-order valence-corrected chi connectivity index (χ4v) is 1.80. The fraction of sp³-hybridized carbons (Fsp3) is 0.143. The van der Waals surface area contributed by atoms with Crippen molar-refractivity contribution in [2.45, 2.75) is 12.5 Å². The molecule has 1 unspecified atom stereocenters. The second-order valence-electron chi connectivity index (χ2n) is 4.24. The van der Waals surface area contributed by atoms with Gasteiger partial charge >= 0.3 is 0 Å². The van der Waals surface area contributed by atoms with E-state index in [1.54, 1.807) is 0 Å². The number of benzene rings is 2. The lowest BCUT2D eigenvalue weighted by atomic mass is 10.0. The van der Waals surface area contributed by atoms with Crippen LogP contribution < -0.4 is 0 Å². The molecule has 0 radical (unpaired) electrons. The van der Waals surface area contributed by atoms with E-state index in [4.69, 9.17) is 0 Å². The molecule has 0 bridgehead atoms. The second kappa shape index (κ2) is 5.58. The van der Waals surface area contributed by atoms with Crippen molar-refractivity contribution in [3.63, 3.8) is 0 Å². The van der Waals surface area contributed by atoms with Crippen LogP contribution in [0.4, 0.5) is 22.0 Å². The minimum atomic E-state index is -1.58. The molecule has 20 heavy (non-hydrogen) atoms. The Labute approximate surface area is 111 Å². The fourth-order valence-electron chi connectivity index (χ4n) is 1.80. The molecule has 0 aliphatic heterocycles. The highest BCUT2D eigenvalue weighted by Crippen LogP contribution is 2.24. The maximum atomic E-state index is 13.4. The van der Waals surface area contributed by atoms with Gasteiger partial charge < -0.3 is 5.11 Å². The smallest absolute Gasteiger partial charge is 0.161 e. The first kappa shape index (κ1) is 14.5. The molecule has 0 aliphatic rings. The van der Waals surface area contributed by atoms with Gasteiger partial charge in [-0.2, -0.15) is 0 Å². The van der Waals surface area contributed by atoms with Crippen LogP contribution in [0.25, 0.3) is 0 Å². The highest BCUT2D eigenvalue weighted by molar-refractivity contribution is 5.26. The summed E-state index contributed by atoms with van der Waals surface area (Å²) in [5, 5.41) is 9.77. The Morgan fingerprint density at radius 2 is 1.45 bits per heavy atom. The minimum Gasteiger partial charge on any atom is -0.388 e. The molecule has 2 aromatic carbocycles. The van der Waals surface area contributed by atoms with Gasteiger partial charge in [-0.15, -0.1) is 0 Å². The van der Waals surface area contributed by atoms with Crippen molar-refractivity contribution in [1.82, 2.24) is 0 Å². The van der Waals surface area contributed by atoms with Crippen molar-refractivity contribution < 1.29 is 27.1 Å². The molecule has 1 nitrogen and oxygen atoms in total. The van der Waals surface area contributed by atoms with Crippen LogP contribution in [0.1, 0.15) is 17.2 Å². The molecule has 2 rings (SSSR count). The van der Waals surface area contributed by atoms with Gasteiger partial charge in [-0.05, 0) is 17.7 Å². The van der Waals surface area contributed by atoms with Gasteiger partial charge in [0.15, 0.2) is 11.6 Å². The average molecular weight is 288 g/mol. The molecule has 1 N–H and O–H groups in total. The zero-order valence-electron chi connectivity index (χ0n) is 10.0. The van der Waals surface area contributed by atoms with E-state index in [9.17, 15) is 27.1 Å². The molecule has 106 valence electrons. The van der Waals surface area contributed by atoms with Crippen LogP contribution in [0.3, 0.4) is 0 Å². The van der Waals surface area contributed by atoms with Crippen molar-refractivity contribution in [2.24, 2.45) is 0 Å². The van der Waals surface area contributed by atoms with E-state index < -0.39 is 47.2 Å². The van der Waals surface area contributed by atoms with Gasteiger partial charge in [0.2, 0.25) is 0 Å². The van der Waals surface area contributed by atoms with Crippen LogP contribution in [0, 0.1) is 29.1 Å².